The molecule has 2 aromatic rings. The monoisotopic (exact) mass is 264 g/mol. The van der Waals surface area contributed by atoms with Crippen molar-refractivity contribution < 1.29 is 4.74 Å². The Bertz CT molecular complexity index is 609. The Morgan fingerprint density at radius 1 is 1.33 bits per heavy atom. The van der Waals surface area contributed by atoms with Crippen LogP contribution in [0.1, 0.15) is 31.0 Å². The van der Waals surface area contributed by atoms with Gasteiger partial charge in [-0.3, -0.25) is 4.98 Å². The molecule has 0 aliphatic carbocycles. The van der Waals surface area contributed by atoms with Crippen molar-refractivity contribution in [3.63, 3.8) is 0 Å². The van der Waals surface area contributed by atoms with Gasteiger partial charge in [0.2, 0.25) is 0 Å². The summed E-state index contributed by atoms with van der Waals surface area (Å²) in [6.45, 7) is 6.16. The second-order valence-corrected chi connectivity index (χ2v) is 5.06. The molecule has 0 aliphatic heterocycles. The zero-order valence-corrected chi connectivity index (χ0v) is 11.8. The number of nitrogens with zero attached hydrogens (tertiary/aromatic N) is 1. The van der Waals surface area contributed by atoms with Crippen LogP contribution in [0.2, 0.25) is 5.02 Å². The van der Waals surface area contributed by atoms with Gasteiger partial charge in [0.15, 0.2) is 0 Å². The van der Waals surface area contributed by atoms with Crippen LogP contribution in [0.5, 0.6) is 5.75 Å². The van der Waals surface area contributed by atoms with Crippen molar-refractivity contribution in [2.75, 3.05) is 12.8 Å². The van der Waals surface area contributed by atoms with Gasteiger partial charge < -0.3 is 10.5 Å². The fourth-order valence-electron chi connectivity index (χ4n) is 2.37. The number of methoxy groups -OCH3 is 1. The van der Waals surface area contributed by atoms with E-state index in [9.17, 15) is 0 Å². The van der Waals surface area contributed by atoms with Crippen molar-refractivity contribution in [1.82, 2.24) is 4.98 Å². The normalized spacial score (nSPS) is 11.2. The predicted molar refractivity (Wildman–Crippen MR) is 76.5 cm³/mol. The van der Waals surface area contributed by atoms with E-state index < -0.39 is 0 Å². The average Bonchev–Trinajstić information content (AvgIpc) is 2.30. The first-order valence-corrected chi connectivity index (χ1v) is 6.27. The molecule has 0 saturated heterocycles. The fraction of sp³-hybridized carbons (Fsp3) is 0.357. The number of rotatable bonds is 2. The molecule has 0 aliphatic rings. The van der Waals surface area contributed by atoms with E-state index in [0.29, 0.717) is 27.9 Å². The second-order valence-electron chi connectivity index (χ2n) is 4.65. The molecule has 3 nitrogen and oxygen atoms in total. The topological polar surface area (TPSA) is 48.1 Å². The molecule has 0 atom stereocenters. The van der Waals surface area contributed by atoms with Crippen molar-refractivity contribution >= 4 is 28.2 Å². The van der Waals surface area contributed by atoms with Crippen LogP contribution in [-0.2, 0) is 0 Å². The lowest BCUT2D eigenvalue weighted by Crippen LogP contribution is -2.04. The number of aryl methyl sites for hydroxylation is 1. The number of fused-ring (bicyclic) bond motifs is 1. The number of nitrogen functional groups attached to an aromatic ring is 1. The highest BCUT2D eigenvalue weighted by Crippen LogP contribution is 2.39. The summed E-state index contributed by atoms with van der Waals surface area (Å²) in [5.74, 6) is 1.02. The standard InChI is InChI=1S/C14H17ClN2O/c1-7(2)11-8(3)17-14-9(15)5-6-10(18-4)12(14)13(11)16/h5-7H,1-4H3,(H2,16,17). The van der Waals surface area contributed by atoms with E-state index in [1.165, 1.54) is 0 Å². The summed E-state index contributed by atoms with van der Waals surface area (Å²) in [7, 11) is 1.62. The van der Waals surface area contributed by atoms with Crippen LogP contribution in [-0.4, -0.2) is 12.1 Å². The van der Waals surface area contributed by atoms with Crippen LogP contribution in [0.25, 0.3) is 10.9 Å². The summed E-state index contributed by atoms with van der Waals surface area (Å²) in [5, 5.41) is 1.40. The number of pyridine rings is 1. The summed E-state index contributed by atoms with van der Waals surface area (Å²) >= 11 is 6.19. The highest BCUT2D eigenvalue weighted by atomic mass is 35.5. The first-order valence-electron chi connectivity index (χ1n) is 5.89. The second kappa shape index (κ2) is 4.65. The Balaban J connectivity index is 2.95. The van der Waals surface area contributed by atoms with Crippen LogP contribution in [0, 0.1) is 6.92 Å². The van der Waals surface area contributed by atoms with E-state index in [4.69, 9.17) is 22.1 Å². The van der Waals surface area contributed by atoms with Crippen molar-refractivity contribution in [3.8, 4) is 5.75 Å². The average molecular weight is 265 g/mol. The van der Waals surface area contributed by atoms with Gasteiger partial charge >= 0.3 is 0 Å². The van der Waals surface area contributed by atoms with Crippen LogP contribution in [0.15, 0.2) is 12.1 Å². The van der Waals surface area contributed by atoms with Gasteiger partial charge in [-0.05, 0) is 30.5 Å². The lowest BCUT2D eigenvalue weighted by atomic mass is 9.97. The number of hydrogen-bond donors (Lipinski definition) is 1. The fourth-order valence-corrected chi connectivity index (χ4v) is 2.57. The number of hydrogen-bond acceptors (Lipinski definition) is 3. The maximum atomic E-state index is 6.29. The molecule has 0 unspecified atom stereocenters. The molecule has 18 heavy (non-hydrogen) atoms. The van der Waals surface area contributed by atoms with Crippen molar-refractivity contribution in [2.45, 2.75) is 26.7 Å². The quantitative estimate of drug-likeness (QED) is 0.895. The molecule has 1 aromatic heterocycles. The zero-order valence-electron chi connectivity index (χ0n) is 11.0. The van der Waals surface area contributed by atoms with Crippen LogP contribution >= 0.6 is 11.6 Å². The third-order valence-corrected chi connectivity index (χ3v) is 3.42. The number of nitrogens with two attached hydrogens (primary N) is 1. The van der Waals surface area contributed by atoms with Gasteiger partial charge in [-0.2, -0.15) is 0 Å². The van der Waals surface area contributed by atoms with Gasteiger partial charge in [0.25, 0.3) is 0 Å². The molecule has 0 bridgehead atoms. The molecule has 0 spiro atoms. The lowest BCUT2D eigenvalue weighted by Gasteiger charge is -2.17. The Hall–Kier alpha value is -1.48. The van der Waals surface area contributed by atoms with Crippen LogP contribution < -0.4 is 10.5 Å². The summed E-state index contributed by atoms with van der Waals surface area (Å²) in [6, 6.07) is 3.60. The lowest BCUT2D eigenvalue weighted by molar-refractivity contribution is 0.420. The Labute approximate surface area is 112 Å². The minimum Gasteiger partial charge on any atom is -0.496 e. The first-order chi connectivity index (χ1) is 8.47. The molecule has 2 N–H and O–H groups in total. The van der Waals surface area contributed by atoms with Crippen molar-refractivity contribution in [1.29, 1.82) is 0 Å². The van der Waals surface area contributed by atoms with Gasteiger partial charge in [-0.1, -0.05) is 25.4 Å². The Morgan fingerprint density at radius 2 is 2.00 bits per heavy atom. The van der Waals surface area contributed by atoms with Gasteiger partial charge in [-0.15, -0.1) is 0 Å². The SMILES string of the molecule is COc1ccc(Cl)c2nc(C)c(C(C)C)c(N)c12. The van der Waals surface area contributed by atoms with E-state index in [0.717, 1.165) is 16.6 Å². The Morgan fingerprint density at radius 3 is 2.56 bits per heavy atom. The molecular formula is C14H17ClN2O. The smallest absolute Gasteiger partial charge is 0.130 e. The molecule has 1 aromatic carbocycles. The van der Waals surface area contributed by atoms with Crippen molar-refractivity contribution in [2.24, 2.45) is 0 Å². The van der Waals surface area contributed by atoms with Gasteiger partial charge in [0.05, 0.1) is 28.7 Å². The highest BCUT2D eigenvalue weighted by Gasteiger charge is 2.17. The molecule has 96 valence electrons. The van der Waals surface area contributed by atoms with E-state index >= 15 is 0 Å². The molecule has 0 saturated carbocycles. The summed E-state index contributed by atoms with van der Waals surface area (Å²) in [4.78, 5) is 4.57. The molecular weight excluding hydrogens is 248 g/mol. The molecule has 0 fully saturated rings. The van der Waals surface area contributed by atoms with E-state index in [-0.39, 0.29) is 0 Å². The number of anilines is 1. The van der Waals surface area contributed by atoms with Gasteiger partial charge in [0.1, 0.15) is 5.75 Å². The van der Waals surface area contributed by atoms with Gasteiger partial charge in [0, 0.05) is 5.69 Å². The molecule has 1 heterocycles. The largest absolute Gasteiger partial charge is 0.496 e. The summed E-state index contributed by atoms with van der Waals surface area (Å²) in [6.07, 6.45) is 0. The number of benzene rings is 1. The molecule has 0 amide bonds. The maximum absolute atomic E-state index is 6.29. The Kier molecular flexibility index (Phi) is 3.35. The number of ether oxygens (including phenoxy) is 1. The maximum Gasteiger partial charge on any atom is 0.130 e. The molecule has 4 heteroatoms. The minimum atomic E-state index is 0.311. The van der Waals surface area contributed by atoms with Crippen LogP contribution in [0.4, 0.5) is 5.69 Å². The van der Waals surface area contributed by atoms with Gasteiger partial charge in [-0.25, -0.2) is 0 Å². The third kappa shape index (κ3) is 1.89. The number of halogens is 1. The minimum absolute atomic E-state index is 0.311. The third-order valence-electron chi connectivity index (χ3n) is 3.12. The van der Waals surface area contributed by atoms with Crippen molar-refractivity contribution in [3.05, 3.63) is 28.4 Å². The number of aromatic nitrogens is 1. The van der Waals surface area contributed by atoms with E-state index in [1.807, 2.05) is 13.0 Å². The highest BCUT2D eigenvalue weighted by molar-refractivity contribution is 6.35. The van der Waals surface area contributed by atoms with Crippen LogP contribution in [0.3, 0.4) is 0 Å². The first kappa shape index (κ1) is 13.0. The predicted octanol–water partition coefficient (Wildman–Crippen LogP) is 3.91. The summed E-state index contributed by atoms with van der Waals surface area (Å²) in [5.41, 5.74) is 9.69. The summed E-state index contributed by atoms with van der Waals surface area (Å²) < 4.78 is 5.36. The van der Waals surface area contributed by atoms with E-state index in [2.05, 4.69) is 18.8 Å². The molecule has 2 rings (SSSR count). The molecule has 0 radical (unpaired) electrons. The van der Waals surface area contributed by atoms with E-state index in [1.54, 1.807) is 13.2 Å². The zero-order chi connectivity index (χ0) is 13.4.